The van der Waals surface area contributed by atoms with Crippen molar-refractivity contribution in [2.24, 2.45) is 5.73 Å². The Morgan fingerprint density at radius 2 is 2.27 bits per heavy atom. The minimum Gasteiger partial charge on any atom is -0.376 e. The summed E-state index contributed by atoms with van der Waals surface area (Å²) in [6.45, 7) is 0.599. The van der Waals surface area contributed by atoms with E-state index in [1.807, 2.05) is 18.2 Å². The van der Waals surface area contributed by atoms with Crippen molar-refractivity contribution < 1.29 is 4.79 Å². The summed E-state index contributed by atoms with van der Waals surface area (Å²) >= 11 is 4.74. The van der Waals surface area contributed by atoms with Crippen molar-refractivity contribution in [3.8, 4) is 0 Å². The molecule has 0 spiro atoms. The molecule has 0 bridgehead atoms. The number of hydrogen-bond acceptors (Lipinski definition) is 2. The Morgan fingerprint density at radius 1 is 1.47 bits per heavy atom. The molecule has 78 valence electrons. The van der Waals surface area contributed by atoms with Crippen LogP contribution in [0.1, 0.15) is 11.1 Å². The largest absolute Gasteiger partial charge is 0.376 e. The number of benzene rings is 1. The maximum absolute atomic E-state index is 11.2. The minimum atomic E-state index is 0.0509. The number of fused-ring (bicyclic) bond motifs is 1. The van der Waals surface area contributed by atoms with Gasteiger partial charge in [-0.3, -0.25) is 4.79 Å². The molecule has 0 radical (unpaired) electrons. The van der Waals surface area contributed by atoms with Crippen LogP contribution < -0.4 is 16.4 Å². The fourth-order valence-corrected chi connectivity index (χ4v) is 1.73. The van der Waals surface area contributed by atoms with Gasteiger partial charge in [-0.15, -0.1) is 0 Å². The van der Waals surface area contributed by atoms with Crippen LogP contribution in [0, 0.1) is 0 Å². The molecule has 2 rings (SSSR count). The van der Waals surface area contributed by atoms with Gasteiger partial charge in [0.2, 0.25) is 5.91 Å². The van der Waals surface area contributed by atoms with Gasteiger partial charge in [0.1, 0.15) is 0 Å². The van der Waals surface area contributed by atoms with E-state index < -0.39 is 0 Å². The van der Waals surface area contributed by atoms with Gasteiger partial charge < -0.3 is 16.4 Å². The zero-order valence-electron chi connectivity index (χ0n) is 8.04. The molecule has 1 heterocycles. The normalized spacial score (nSPS) is 14.0. The molecule has 0 saturated carbocycles. The summed E-state index contributed by atoms with van der Waals surface area (Å²) in [6, 6.07) is 5.78. The number of nitrogens with one attached hydrogen (secondary N) is 2. The molecular formula is C10H11N3OS. The molecule has 1 aliphatic rings. The molecule has 1 aromatic rings. The van der Waals surface area contributed by atoms with E-state index >= 15 is 0 Å². The third kappa shape index (κ3) is 2.24. The van der Waals surface area contributed by atoms with Gasteiger partial charge in [-0.2, -0.15) is 0 Å². The smallest absolute Gasteiger partial charge is 0.224 e. The second-order valence-corrected chi connectivity index (χ2v) is 3.87. The SMILES string of the molecule is NC(=S)Nc1ccc2c(c1)CC(=O)NC2. The van der Waals surface area contributed by atoms with Crippen LogP contribution in [-0.2, 0) is 17.8 Å². The predicted octanol–water partition coefficient (Wildman–Crippen LogP) is 0.514. The third-order valence-corrected chi connectivity index (χ3v) is 2.40. The van der Waals surface area contributed by atoms with E-state index in [9.17, 15) is 4.79 Å². The standard InChI is InChI=1S/C10H11N3OS/c11-10(15)13-8-2-1-6-5-12-9(14)4-7(6)3-8/h1-3H,4-5H2,(H,12,14)(H3,11,13,15). The van der Waals surface area contributed by atoms with E-state index in [-0.39, 0.29) is 11.0 Å². The quantitative estimate of drug-likeness (QED) is 0.605. The molecule has 15 heavy (non-hydrogen) atoms. The molecule has 4 nitrogen and oxygen atoms in total. The fraction of sp³-hybridized carbons (Fsp3) is 0.200. The van der Waals surface area contributed by atoms with Crippen molar-refractivity contribution in [1.82, 2.24) is 5.32 Å². The topological polar surface area (TPSA) is 67.1 Å². The summed E-state index contributed by atoms with van der Waals surface area (Å²) in [5.74, 6) is 0.0509. The van der Waals surface area contributed by atoms with E-state index in [4.69, 9.17) is 18.0 Å². The van der Waals surface area contributed by atoms with Gasteiger partial charge in [-0.05, 0) is 35.5 Å². The Hall–Kier alpha value is -1.62. The number of hydrogen-bond donors (Lipinski definition) is 3. The minimum absolute atomic E-state index is 0.0509. The van der Waals surface area contributed by atoms with Crippen molar-refractivity contribution in [1.29, 1.82) is 0 Å². The van der Waals surface area contributed by atoms with Gasteiger partial charge in [0.15, 0.2) is 5.11 Å². The summed E-state index contributed by atoms with van der Waals surface area (Å²) in [5, 5.41) is 5.87. The number of nitrogens with two attached hydrogens (primary N) is 1. The summed E-state index contributed by atoms with van der Waals surface area (Å²) in [4.78, 5) is 11.2. The molecule has 1 aliphatic heterocycles. The first-order chi connectivity index (χ1) is 7.15. The molecular weight excluding hydrogens is 210 g/mol. The lowest BCUT2D eigenvalue weighted by atomic mass is 10.00. The highest BCUT2D eigenvalue weighted by Crippen LogP contribution is 2.19. The number of rotatable bonds is 1. The maximum Gasteiger partial charge on any atom is 0.224 e. The van der Waals surface area contributed by atoms with Gasteiger partial charge in [-0.25, -0.2) is 0 Å². The zero-order valence-corrected chi connectivity index (χ0v) is 8.86. The van der Waals surface area contributed by atoms with Gasteiger partial charge >= 0.3 is 0 Å². The lowest BCUT2D eigenvalue weighted by Crippen LogP contribution is -2.30. The van der Waals surface area contributed by atoms with Crippen molar-refractivity contribution in [2.45, 2.75) is 13.0 Å². The van der Waals surface area contributed by atoms with Crippen LogP contribution >= 0.6 is 12.2 Å². The van der Waals surface area contributed by atoms with E-state index in [0.717, 1.165) is 16.8 Å². The van der Waals surface area contributed by atoms with Crippen LogP contribution in [0.25, 0.3) is 0 Å². The molecule has 1 aromatic carbocycles. The van der Waals surface area contributed by atoms with E-state index in [1.54, 1.807) is 0 Å². The van der Waals surface area contributed by atoms with Crippen LogP contribution in [0.5, 0.6) is 0 Å². The Balaban J connectivity index is 2.28. The molecule has 0 aromatic heterocycles. The number of amides is 1. The number of thiocarbonyl (C=S) groups is 1. The molecule has 0 unspecified atom stereocenters. The summed E-state index contributed by atoms with van der Waals surface area (Å²) in [5.41, 5.74) is 8.37. The van der Waals surface area contributed by atoms with E-state index in [0.29, 0.717) is 13.0 Å². The van der Waals surface area contributed by atoms with Crippen molar-refractivity contribution in [3.63, 3.8) is 0 Å². The third-order valence-electron chi connectivity index (χ3n) is 2.30. The molecule has 4 N–H and O–H groups in total. The Kier molecular flexibility index (Phi) is 2.55. The molecule has 0 saturated heterocycles. The Bertz CT molecular complexity index is 431. The molecule has 5 heteroatoms. The Morgan fingerprint density at radius 3 is 3.00 bits per heavy atom. The zero-order chi connectivity index (χ0) is 10.8. The van der Waals surface area contributed by atoms with E-state index in [1.165, 1.54) is 0 Å². The number of anilines is 1. The maximum atomic E-state index is 11.2. The summed E-state index contributed by atoms with van der Waals surface area (Å²) < 4.78 is 0. The van der Waals surface area contributed by atoms with Crippen molar-refractivity contribution >= 4 is 28.9 Å². The van der Waals surface area contributed by atoms with Gasteiger partial charge in [-0.1, -0.05) is 6.07 Å². The van der Waals surface area contributed by atoms with Gasteiger partial charge in [0.25, 0.3) is 0 Å². The lowest BCUT2D eigenvalue weighted by Gasteiger charge is -2.17. The van der Waals surface area contributed by atoms with Crippen molar-refractivity contribution in [2.75, 3.05) is 5.32 Å². The van der Waals surface area contributed by atoms with Gasteiger partial charge in [0.05, 0.1) is 6.42 Å². The molecule has 0 atom stereocenters. The predicted molar refractivity (Wildman–Crippen MR) is 62.4 cm³/mol. The number of carbonyl (C=O) groups excluding carboxylic acids is 1. The summed E-state index contributed by atoms with van der Waals surface area (Å²) in [6.07, 6.45) is 0.419. The van der Waals surface area contributed by atoms with Gasteiger partial charge in [0, 0.05) is 12.2 Å². The first-order valence-corrected chi connectivity index (χ1v) is 5.01. The highest BCUT2D eigenvalue weighted by molar-refractivity contribution is 7.80. The second-order valence-electron chi connectivity index (χ2n) is 3.43. The van der Waals surface area contributed by atoms with Crippen LogP contribution in [0.15, 0.2) is 18.2 Å². The second kappa shape index (κ2) is 3.86. The lowest BCUT2D eigenvalue weighted by molar-refractivity contribution is -0.121. The highest BCUT2D eigenvalue weighted by Gasteiger charge is 2.14. The Labute approximate surface area is 92.8 Å². The first-order valence-electron chi connectivity index (χ1n) is 4.60. The monoisotopic (exact) mass is 221 g/mol. The van der Waals surface area contributed by atoms with Crippen LogP contribution in [0.4, 0.5) is 5.69 Å². The molecule has 0 fully saturated rings. The van der Waals surface area contributed by atoms with Crippen LogP contribution in [-0.4, -0.2) is 11.0 Å². The number of carbonyl (C=O) groups is 1. The first kappa shape index (κ1) is 9.92. The fourth-order valence-electron chi connectivity index (χ4n) is 1.61. The molecule has 1 amide bonds. The average Bonchev–Trinajstić information content (AvgIpc) is 2.16. The highest BCUT2D eigenvalue weighted by atomic mass is 32.1. The van der Waals surface area contributed by atoms with Crippen molar-refractivity contribution in [3.05, 3.63) is 29.3 Å². The van der Waals surface area contributed by atoms with E-state index in [2.05, 4.69) is 10.6 Å². The average molecular weight is 221 g/mol. The molecule has 0 aliphatic carbocycles. The van der Waals surface area contributed by atoms with Crippen LogP contribution in [0.2, 0.25) is 0 Å². The van der Waals surface area contributed by atoms with Crippen LogP contribution in [0.3, 0.4) is 0 Å². The summed E-state index contributed by atoms with van der Waals surface area (Å²) in [7, 11) is 0.